The first kappa shape index (κ1) is 35.2. The first-order valence-electron chi connectivity index (χ1n) is 15.5. The number of benzene rings is 1. The average molecular weight is 594 g/mol. The van der Waals surface area contributed by atoms with Crippen LogP contribution >= 0.6 is 0 Å². The van der Waals surface area contributed by atoms with E-state index in [4.69, 9.17) is 18.3 Å². The normalized spacial score (nSPS) is 26.0. The molecule has 0 amide bonds. The van der Waals surface area contributed by atoms with Crippen molar-refractivity contribution >= 4 is 22.8 Å². The molecule has 1 aromatic carbocycles. The second kappa shape index (κ2) is 14.4. The van der Waals surface area contributed by atoms with Crippen LogP contribution in [0, 0.1) is 17.8 Å². The van der Waals surface area contributed by atoms with E-state index in [0.717, 1.165) is 23.7 Å². The Kier molecular flexibility index (Phi) is 12.7. The van der Waals surface area contributed by atoms with Gasteiger partial charge in [0, 0.05) is 30.2 Å². The highest BCUT2D eigenvalue weighted by Gasteiger charge is 2.52. The maximum atomic E-state index is 9.33. The van der Waals surface area contributed by atoms with Crippen LogP contribution in [0.4, 0.5) is 0 Å². The molecule has 0 radical (unpaired) electrons. The van der Waals surface area contributed by atoms with Gasteiger partial charge in [-0.25, -0.2) is 0 Å². The third-order valence-corrected chi connectivity index (χ3v) is 19.0. The minimum absolute atomic E-state index is 0.0267. The summed E-state index contributed by atoms with van der Waals surface area (Å²) < 4.78 is 27.8. The van der Waals surface area contributed by atoms with Crippen molar-refractivity contribution in [3.63, 3.8) is 0 Å². The maximum absolute atomic E-state index is 9.33. The van der Waals surface area contributed by atoms with Crippen molar-refractivity contribution < 1.29 is 23.5 Å². The van der Waals surface area contributed by atoms with Gasteiger partial charge in [0.1, 0.15) is 0 Å². The molecule has 0 saturated carbocycles. The molecule has 0 spiro atoms. The first-order valence-corrected chi connectivity index (χ1v) is 20.9. The van der Waals surface area contributed by atoms with Crippen molar-refractivity contribution in [2.24, 2.45) is 22.9 Å². The summed E-state index contributed by atoms with van der Waals surface area (Å²) in [7, 11) is -3.92. The van der Waals surface area contributed by atoms with Crippen molar-refractivity contribution in [3.8, 4) is 0 Å². The Morgan fingerprint density at radius 3 is 2.08 bits per heavy atom. The van der Waals surface area contributed by atoms with Crippen LogP contribution in [0.25, 0.3) is 0 Å². The van der Waals surface area contributed by atoms with Crippen molar-refractivity contribution in [1.82, 2.24) is 0 Å². The van der Waals surface area contributed by atoms with E-state index in [0.29, 0.717) is 13.0 Å². The van der Waals surface area contributed by atoms with Crippen LogP contribution < -0.4 is 0 Å². The van der Waals surface area contributed by atoms with Gasteiger partial charge in [0.15, 0.2) is 22.9 Å². The lowest BCUT2D eigenvalue weighted by Crippen LogP contribution is -2.60. The molecule has 0 bridgehead atoms. The zero-order chi connectivity index (χ0) is 30.4. The number of ether oxygens (including phenoxy) is 2. The predicted molar refractivity (Wildman–Crippen MR) is 171 cm³/mol. The molecule has 8 heteroatoms. The molecule has 0 aliphatic carbocycles. The molecule has 1 aliphatic rings. The SMILES string of the molecule is CC[Si](CC)(CC)O[C@](C)(C[C@@H](C)/C=N/O)[C@@H]1O[C@H](c2ccccc2)O[C@H]([C@@H](C)CO[Si](C)(C)C(C)(C)C)[C@@H]1C. The zero-order valence-corrected chi connectivity index (χ0v) is 29.5. The van der Waals surface area contributed by atoms with Gasteiger partial charge >= 0.3 is 0 Å². The van der Waals surface area contributed by atoms with Crippen LogP contribution in [0.15, 0.2) is 35.5 Å². The summed E-state index contributed by atoms with van der Waals surface area (Å²) in [6.07, 6.45) is 1.54. The molecule has 1 saturated heterocycles. The Bertz CT molecular complexity index is 909. The van der Waals surface area contributed by atoms with Crippen LogP contribution in [0.3, 0.4) is 0 Å². The van der Waals surface area contributed by atoms with E-state index in [1.54, 1.807) is 6.21 Å². The minimum atomic E-state index is -2.01. The molecule has 1 N–H and O–H groups in total. The highest BCUT2D eigenvalue weighted by Crippen LogP contribution is 2.46. The van der Waals surface area contributed by atoms with Crippen molar-refractivity contribution in [3.05, 3.63) is 35.9 Å². The minimum Gasteiger partial charge on any atom is -0.416 e. The molecule has 1 aliphatic heterocycles. The molecule has 230 valence electrons. The molecule has 6 nitrogen and oxygen atoms in total. The summed E-state index contributed by atoms with van der Waals surface area (Å²) in [5, 5.41) is 12.8. The lowest BCUT2D eigenvalue weighted by Gasteiger charge is -2.53. The number of hydrogen-bond acceptors (Lipinski definition) is 6. The summed E-state index contributed by atoms with van der Waals surface area (Å²) in [5.41, 5.74) is 0.433. The molecule has 1 heterocycles. The Morgan fingerprint density at radius 1 is 1.00 bits per heavy atom. The van der Waals surface area contributed by atoms with E-state index in [9.17, 15) is 5.21 Å². The Labute approximate surface area is 247 Å². The molecule has 40 heavy (non-hydrogen) atoms. The molecular weight excluding hydrogens is 535 g/mol. The van der Waals surface area contributed by atoms with Crippen molar-refractivity contribution in [2.75, 3.05) is 6.61 Å². The number of rotatable bonds is 14. The van der Waals surface area contributed by atoms with Crippen LogP contribution in [0.1, 0.15) is 87.5 Å². The highest BCUT2D eigenvalue weighted by molar-refractivity contribution is 6.74. The summed E-state index contributed by atoms with van der Waals surface area (Å²) in [5.74, 6) is 0.269. The second-order valence-electron chi connectivity index (χ2n) is 13.9. The number of hydrogen-bond donors (Lipinski definition) is 1. The molecule has 7 atom stereocenters. The van der Waals surface area contributed by atoms with E-state index in [1.807, 2.05) is 18.2 Å². The third-order valence-electron chi connectivity index (χ3n) is 9.73. The standard InChI is InChI=1S/C32H59NO5Si2/c1-13-40(14-2,15-3)38-32(10,21-24(4)22-33-34)29-26(6)28(25(5)23-35-39(11,12)31(7,8)9)36-30(37-29)27-19-17-16-18-20-27/h16-20,22,24-26,28-30,34H,13-15,21,23H2,1-12H3/b33-22+/t24-,25+,26+,28-,29-,30-,32-/m1/s1. The molecule has 2 rings (SSSR count). The van der Waals surface area contributed by atoms with E-state index < -0.39 is 28.5 Å². The monoisotopic (exact) mass is 593 g/mol. The smallest absolute Gasteiger partial charge is 0.192 e. The average Bonchev–Trinajstić information content (AvgIpc) is 2.90. The first-order chi connectivity index (χ1) is 18.6. The van der Waals surface area contributed by atoms with Gasteiger partial charge < -0.3 is 23.5 Å². The van der Waals surface area contributed by atoms with Gasteiger partial charge in [-0.15, -0.1) is 5.16 Å². The van der Waals surface area contributed by atoms with Crippen molar-refractivity contribution in [1.29, 1.82) is 0 Å². The van der Waals surface area contributed by atoms with Crippen LogP contribution in [-0.2, 0) is 18.3 Å². The Hall–Kier alpha value is -1.04. The van der Waals surface area contributed by atoms with E-state index >= 15 is 0 Å². The van der Waals surface area contributed by atoms with Crippen LogP contribution in [-0.4, -0.2) is 52.5 Å². The van der Waals surface area contributed by atoms with E-state index in [1.165, 1.54) is 0 Å². The number of nitrogens with zero attached hydrogens (tertiary/aromatic N) is 1. The van der Waals surface area contributed by atoms with Gasteiger partial charge in [-0.05, 0) is 55.5 Å². The summed E-state index contributed by atoms with van der Waals surface area (Å²) in [6, 6.07) is 13.4. The molecule has 0 unspecified atom stereocenters. The van der Waals surface area contributed by atoms with Gasteiger partial charge in [0.2, 0.25) is 0 Å². The quantitative estimate of drug-likeness (QED) is 0.101. The zero-order valence-electron chi connectivity index (χ0n) is 27.5. The fourth-order valence-corrected chi connectivity index (χ4v) is 10.2. The predicted octanol–water partition coefficient (Wildman–Crippen LogP) is 9.03. The van der Waals surface area contributed by atoms with E-state index in [-0.39, 0.29) is 35.0 Å². The highest BCUT2D eigenvalue weighted by atomic mass is 28.4. The molecule has 1 fully saturated rings. The Morgan fingerprint density at radius 2 is 1.57 bits per heavy atom. The second-order valence-corrected chi connectivity index (χ2v) is 23.4. The third kappa shape index (κ3) is 8.51. The van der Waals surface area contributed by atoms with Gasteiger partial charge in [-0.3, -0.25) is 0 Å². The van der Waals surface area contributed by atoms with E-state index in [2.05, 4.69) is 99.6 Å². The largest absolute Gasteiger partial charge is 0.416 e. The molecule has 0 aromatic heterocycles. The topological polar surface area (TPSA) is 69.5 Å². The maximum Gasteiger partial charge on any atom is 0.192 e. The molecule has 1 aromatic rings. The fraction of sp³-hybridized carbons (Fsp3) is 0.781. The Balaban J connectivity index is 2.53. The summed E-state index contributed by atoms with van der Waals surface area (Å²) in [4.78, 5) is 0. The fourth-order valence-electron chi connectivity index (χ4n) is 5.98. The summed E-state index contributed by atoms with van der Waals surface area (Å²) in [6.45, 7) is 27.7. The van der Waals surface area contributed by atoms with Crippen LogP contribution in [0.2, 0.25) is 36.3 Å². The number of oxime groups is 1. The molecular formula is C32H59NO5Si2. The van der Waals surface area contributed by atoms with Gasteiger partial charge in [0.25, 0.3) is 0 Å². The van der Waals surface area contributed by atoms with Gasteiger partial charge in [0.05, 0.1) is 17.8 Å². The van der Waals surface area contributed by atoms with Gasteiger partial charge in [-0.2, -0.15) is 0 Å². The lowest BCUT2D eigenvalue weighted by molar-refractivity contribution is -0.310. The van der Waals surface area contributed by atoms with Crippen molar-refractivity contribution in [2.45, 2.75) is 136 Å². The summed E-state index contributed by atoms with van der Waals surface area (Å²) >= 11 is 0. The lowest BCUT2D eigenvalue weighted by atomic mass is 9.77. The van der Waals surface area contributed by atoms with Gasteiger partial charge in [-0.1, -0.05) is 92.6 Å². The van der Waals surface area contributed by atoms with Crippen LogP contribution in [0.5, 0.6) is 0 Å².